The molecule has 0 bridgehead atoms. The second kappa shape index (κ2) is 10.0. The van der Waals surface area contributed by atoms with Crippen molar-refractivity contribution < 1.29 is 19.0 Å². The van der Waals surface area contributed by atoms with E-state index < -0.39 is 0 Å². The van der Waals surface area contributed by atoms with Gasteiger partial charge < -0.3 is 14.2 Å². The van der Waals surface area contributed by atoms with Gasteiger partial charge in [-0.05, 0) is 64.9 Å². The van der Waals surface area contributed by atoms with Crippen molar-refractivity contribution >= 4 is 34.7 Å². The molecule has 0 aliphatic carbocycles. The van der Waals surface area contributed by atoms with E-state index in [1.165, 1.54) is 0 Å². The number of hydrogen-bond donors (Lipinski definition) is 1. The number of ether oxygens (including phenoxy) is 3. The Kier molecular flexibility index (Phi) is 7.71. The maximum Gasteiger partial charge on any atom is 0.244 e. The van der Waals surface area contributed by atoms with Crippen LogP contribution in [0.2, 0.25) is 0 Å². The van der Waals surface area contributed by atoms with Gasteiger partial charge in [-0.1, -0.05) is 12.1 Å². The standard InChI is InChI=1S/C19H21IN2O4/c1-4-26-19-16(20)9-14(10-17(19)25-3)12-21-22-18(23)11-13-5-7-15(24-2)8-6-13/h5-10,12H,4,11H2,1-3H3,(H,22,23)/b21-12-. The lowest BCUT2D eigenvalue weighted by Crippen LogP contribution is -2.19. The molecule has 1 amide bonds. The molecular weight excluding hydrogens is 447 g/mol. The van der Waals surface area contributed by atoms with Crippen molar-refractivity contribution in [1.82, 2.24) is 5.43 Å². The molecule has 0 radical (unpaired) electrons. The van der Waals surface area contributed by atoms with Gasteiger partial charge in [-0.25, -0.2) is 5.43 Å². The highest BCUT2D eigenvalue weighted by Crippen LogP contribution is 2.33. The highest BCUT2D eigenvalue weighted by Gasteiger charge is 2.10. The summed E-state index contributed by atoms with van der Waals surface area (Å²) >= 11 is 2.18. The summed E-state index contributed by atoms with van der Waals surface area (Å²) in [6.45, 7) is 2.48. The van der Waals surface area contributed by atoms with Gasteiger partial charge in [0.1, 0.15) is 5.75 Å². The van der Waals surface area contributed by atoms with E-state index in [2.05, 4.69) is 33.1 Å². The van der Waals surface area contributed by atoms with Gasteiger partial charge in [0.15, 0.2) is 11.5 Å². The van der Waals surface area contributed by atoms with Gasteiger partial charge in [0.25, 0.3) is 0 Å². The fourth-order valence-corrected chi connectivity index (χ4v) is 3.03. The van der Waals surface area contributed by atoms with Crippen LogP contribution >= 0.6 is 22.6 Å². The second-order valence-electron chi connectivity index (χ2n) is 5.29. The number of carbonyl (C=O) groups is 1. The summed E-state index contributed by atoms with van der Waals surface area (Å²) in [6.07, 6.45) is 1.82. The van der Waals surface area contributed by atoms with Crippen LogP contribution in [0.5, 0.6) is 17.2 Å². The minimum absolute atomic E-state index is 0.195. The number of carbonyl (C=O) groups excluding carboxylic acids is 1. The van der Waals surface area contributed by atoms with Crippen molar-refractivity contribution in [3.63, 3.8) is 0 Å². The summed E-state index contributed by atoms with van der Waals surface area (Å²) in [6, 6.07) is 11.1. The summed E-state index contributed by atoms with van der Waals surface area (Å²) < 4.78 is 16.9. The number of hydrogen-bond acceptors (Lipinski definition) is 5. The number of rotatable bonds is 8. The SMILES string of the molecule is CCOc1c(I)cc(/C=N\NC(=O)Cc2ccc(OC)cc2)cc1OC. The number of nitrogens with zero attached hydrogens (tertiary/aromatic N) is 1. The van der Waals surface area contributed by atoms with E-state index in [1.54, 1.807) is 20.4 Å². The van der Waals surface area contributed by atoms with Gasteiger partial charge in [-0.3, -0.25) is 4.79 Å². The molecule has 0 heterocycles. The molecule has 0 aliphatic heterocycles. The Morgan fingerprint density at radius 2 is 1.92 bits per heavy atom. The van der Waals surface area contributed by atoms with Gasteiger partial charge in [0, 0.05) is 0 Å². The van der Waals surface area contributed by atoms with Crippen molar-refractivity contribution in [2.45, 2.75) is 13.3 Å². The number of nitrogens with one attached hydrogen (secondary N) is 1. The van der Waals surface area contributed by atoms with Crippen LogP contribution in [-0.4, -0.2) is 32.9 Å². The van der Waals surface area contributed by atoms with Crippen molar-refractivity contribution in [2.24, 2.45) is 5.10 Å². The minimum atomic E-state index is -0.195. The number of amides is 1. The number of benzene rings is 2. The smallest absolute Gasteiger partial charge is 0.244 e. The predicted molar refractivity (Wildman–Crippen MR) is 109 cm³/mol. The van der Waals surface area contributed by atoms with E-state index in [4.69, 9.17) is 14.2 Å². The summed E-state index contributed by atoms with van der Waals surface area (Å²) in [7, 11) is 3.19. The van der Waals surface area contributed by atoms with Gasteiger partial charge >= 0.3 is 0 Å². The zero-order valence-electron chi connectivity index (χ0n) is 14.9. The quantitative estimate of drug-likeness (QED) is 0.367. The Bertz CT molecular complexity index is 776. The average molecular weight is 468 g/mol. The molecule has 0 atom stereocenters. The molecule has 6 nitrogen and oxygen atoms in total. The van der Waals surface area contributed by atoms with Crippen molar-refractivity contribution in [1.29, 1.82) is 0 Å². The summed E-state index contributed by atoms with van der Waals surface area (Å²) in [4.78, 5) is 12.0. The molecule has 2 rings (SSSR count). The lowest BCUT2D eigenvalue weighted by molar-refractivity contribution is -0.120. The van der Waals surface area contributed by atoms with Crippen LogP contribution in [0.4, 0.5) is 0 Å². The van der Waals surface area contributed by atoms with Gasteiger partial charge in [-0.15, -0.1) is 0 Å². The van der Waals surface area contributed by atoms with E-state index in [-0.39, 0.29) is 12.3 Å². The third kappa shape index (κ3) is 5.62. The number of methoxy groups -OCH3 is 2. The maximum atomic E-state index is 12.0. The van der Waals surface area contributed by atoms with Crippen molar-refractivity contribution in [3.8, 4) is 17.2 Å². The fourth-order valence-electron chi connectivity index (χ4n) is 2.25. The lowest BCUT2D eigenvalue weighted by Gasteiger charge is -2.12. The maximum absolute atomic E-state index is 12.0. The van der Waals surface area contributed by atoms with Gasteiger partial charge in [0.2, 0.25) is 5.91 Å². The molecule has 26 heavy (non-hydrogen) atoms. The van der Waals surface area contributed by atoms with Crippen molar-refractivity contribution in [3.05, 3.63) is 51.1 Å². The third-order valence-corrected chi connectivity index (χ3v) is 4.27. The monoisotopic (exact) mass is 468 g/mol. The first-order valence-electron chi connectivity index (χ1n) is 8.02. The van der Waals surface area contributed by atoms with Gasteiger partial charge in [-0.2, -0.15) is 5.10 Å². The molecule has 2 aromatic carbocycles. The molecule has 0 aliphatic rings. The van der Waals surface area contributed by atoms with Crippen LogP contribution in [-0.2, 0) is 11.2 Å². The molecule has 138 valence electrons. The Balaban J connectivity index is 1.98. The molecular formula is C19H21IN2O4. The first-order valence-corrected chi connectivity index (χ1v) is 9.10. The molecule has 0 saturated heterocycles. The molecule has 0 saturated carbocycles. The summed E-state index contributed by atoms with van der Waals surface area (Å²) in [5, 5.41) is 4.01. The largest absolute Gasteiger partial charge is 0.497 e. The molecule has 0 spiro atoms. The van der Waals surface area contributed by atoms with E-state index in [9.17, 15) is 4.79 Å². The summed E-state index contributed by atoms with van der Waals surface area (Å²) in [5.41, 5.74) is 4.22. The first-order chi connectivity index (χ1) is 12.6. The summed E-state index contributed by atoms with van der Waals surface area (Å²) in [5.74, 6) is 1.89. The van der Waals surface area contributed by atoms with Crippen LogP contribution < -0.4 is 19.6 Å². The Morgan fingerprint density at radius 3 is 2.54 bits per heavy atom. The topological polar surface area (TPSA) is 69.2 Å². The number of halogens is 1. The zero-order valence-corrected chi connectivity index (χ0v) is 17.1. The predicted octanol–water partition coefficient (Wildman–Crippen LogP) is 3.40. The average Bonchev–Trinajstić information content (AvgIpc) is 2.64. The zero-order chi connectivity index (χ0) is 18.9. The Morgan fingerprint density at radius 1 is 1.19 bits per heavy atom. The van der Waals surface area contributed by atoms with Gasteiger partial charge in [0.05, 0.1) is 37.0 Å². The van der Waals surface area contributed by atoms with E-state index in [1.807, 2.05) is 43.3 Å². The molecule has 2 aromatic rings. The molecule has 0 fully saturated rings. The Hall–Kier alpha value is -2.29. The van der Waals surface area contributed by atoms with E-state index in [0.717, 1.165) is 20.4 Å². The van der Waals surface area contributed by atoms with Crippen LogP contribution in [0.25, 0.3) is 0 Å². The van der Waals surface area contributed by atoms with Crippen LogP contribution in [0.15, 0.2) is 41.5 Å². The Labute approximate surface area is 166 Å². The molecule has 1 N–H and O–H groups in total. The second-order valence-corrected chi connectivity index (χ2v) is 6.45. The highest BCUT2D eigenvalue weighted by atomic mass is 127. The molecule has 7 heteroatoms. The van der Waals surface area contributed by atoms with E-state index >= 15 is 0 Å². The lowest BCUT2D eigenvalue weighted by atomic mass is 10.1. The van der Waals surface area contributed by atoms with Crippen molar-refractivity contribution in [2.75, 3.05) is 20.8 Å². The highest BCUT2D eigenvalue weighted by molar-refractivity contribution is 14.1. The molecule has 0 unspecified atom stereocenters. The van der Waals surface area contributed by atoms with E-state index in [0.29, 0.717) is 18.1 Å². The molecule has 0 aromatic heterocycles. The van der Waals surface area contributed by atoms with Crippen LogP contribution in [0.3, 0.4) is 0 Å². The minimum Gasteiger partial charge on any atom is -0.497 e. The van der Waals surface area contributed by atoms with Crippen LogP contribution in [0, 0.1) is 3.57 Å². The normalized spacial score (nSPS) is 10.6. The fraction of sp³-hybridized carbons (Fsp3) is 0.263. The van der Waals surface area contributed by atoms with Crippen LogP contribution in [0.1, 0.15) is 18.1 Å². The number of hydrazone groups is 1. The first kappa shape index (κ1) is 20.0. The third-order valence-electron chi connectivity index (χ3n) is 3.47.